The van der Waals surface area contributed by atoms with Crippen LogP contribution in [-0.2, 0) is 14.8 Å². The first-order valence-corrected chi connectivity index (χ1v) is 9.47. The fraction of sp³-hybridized carbons (Fsp3) is 0.158. The summed E-state index contributed by atoms with van der Waals surface area (Å²) < 4.78 is 31.5. The number of ketones is 1. The normalized spacial score (nSPS) is 11.4. The van der Waals surface area contributed by atoms with E-state index in [-0.39, 0.29) is 16.4 Å². The SMILES string of the molecule is CNS(=O)(=O)c1cc(/C=C/C(=O)Nc2cccc(C(C)=O)c2)ccc1OC. The summed E-state index contributed by atoms with van der Waals surface area (Å²) in [7, 11) is -1.02. The summed E-state index contributed by atoms with van der Waals surface area (Å²) in [5.41, 5.74) is 1.50. The Bertz CT molecular complexity index is 997. The molecule has 0 radical (unpaired) electrons. The molecule has 8 heteroatoms. The third kappa shape index (κ3) is 5.25. The minimum Gasteiger partial charge on any atom is -0.495 e. The summed E-state index contributed by atoms with van der Waals surface area (Å²) >= 11 is 0. The van der Waals surface area contributed by atoms with E-state index in [0.29, 0.717) is 16.8 Å². The number of hydrogen-bond donors (Lipinski definition) is 2. The Kier molecular flexibility index (Phi) is 6.49. The molecule has 0 unspecified atom stereocenters. The number of hydrogen-bond acceptors (Lipinski definition) is 5. The van der Waals surface area contributed by atoms with Crippen LogP contribution in [-0.4, -0.2) is 34.3 Å². The molecule has 1 amide bonds. The number of ether oxygens (including phenoxy) is 1. The molecule has 0 atom stereocenters. The number of methoxy groups -OCH3 is 1. The number of Topliss-reactive ketones (excluding diaryl/α,β-unsaturated/α-hetero) is 1. The molecule has 0 aliphatic carbocycles. The van der Waals surface area contributed by atoms with Gasteiger partial charge in [0, 0.05) is 17.3 Å². The number of benzene rings is 2. The molecular formula is C19H20N2O5S. The van der Waals surface area contributed by atoms with Gasteiger partial charge in [0.15, 0.2) is 5.78 Å². The van der Waals surface area contributed by atoms with Gasteiger partial charge in [0.2, 0.25) is 15.9 Å². The van der Waals surface area contributed by atoms with Crippen LogP contribution in [0.25, 0.3) is 6.08 Å². The number of carbonyl (C=O) groups excluding carboxylic acids is 2. The van der Waals surface area contributed by atoms with Crippen molar-refractivity contribution < 1.29 is 22.7 Å². The number of nitrogens with one attached hydrogen (secondary N) is 2. The van der Waals surface area contributed by atoms with E-state index in [9.17, 15) is 18.0 Å². The van der Waals surface area contributed by atoms with E-state index in [1.165, 1.54) is 45.4 Å². The molecule has 142 valence electrons. The van der Waals surface area contributed by atoms with E-state index in [0.717, 1.165) is 0 Å². The van der Waals surface area contributed by atoms with E-state index >= 15 is 0 Å². The lowest BCUT2D eigenvalue weighted by Gasteiger charge is -2.09. The first-order valence-electron chi connectivity index (χ1n) is 7.98. The average Bonchev–Trinajstić information content (AvgIpc) is 2.66. The van der Waals surface area contributed by atoms with Gasteiger partial charge < -0.3 is 10.1 Å². The minimum absolute atomic E-state index is 0.0239. The molecule has 2 aromatic rings. The largest absolute Gasteiger partial charge is 0.495 e. The maximum Gasteiger partial charge on any atom is 0.248 e. The third-order valence-corrected chi connectivity index (χ3v) is 5.15. The fourth-order valence-electron chi connectivity index (χ4n) is 2.29. The molecule has 0 aliphatic rings. The first-order chi connectivity index (χ1) is 12.8. The van der Waals surface area contributed by atoms with Gasteiger partial charge in [-0.2, -0.15) is 0 Å². The van der Waals surface area contributed by atoms with Crippen LogP contribution in [0.1, 0.15) is 22.8 Å². The highest BCUT2D eigenvalue weighted by Crippen LogP contribution is 2.25. The van der Waals surface area contributed by atoms with Crippen molar-refractivity contribution in [2.45, 2.75) is 11.8 Å². The van der Waals surface area contributed by atoms with Crippen molar-refractivity contribution in [3.63, 3.8) is 0 Å². The van der Waals surface area contributed by atoms with Gasteiger partial charge in [0.25, 0.3) is 0 Å². The van der Waals surface area contributed by atoms with Gasteiger partial charge in [0.05, 0.1) is 7.11 Å². The molecule has 0 bridgehead atoms. The Labute approximate surface area is 158 Å². The number of carbonyl (C=O) groups is 2. The Hall–Kier alpha value is -2.97. The topological polar surface area (TPSA) is 102 Å². The van der Waals surface area contributed by atoms with E-state index in [4.69, 9.17) is 4.74 Å². The highest BCUT2D eigenvalue weighted by atomic mass is 32.2. The van der Waals surface area contributed by atoms with Crippen LogP contribution in [0, 0.1) is 0 Å². The Morgan fingerprint density at radius 1 is 1.11 bits per heavy atom. The van der Waals surface area contributed by atoms with Gasteiger partial charge >= 0.3 is 0 Å². The molecule has 2 rings (SSSR count). The predicted octanol–water partition coefficient (Wildman–Crippen LogP) is 2.46. The van der Waals surface area contributed by atoms with E-state index < -0.39 is 15.9 Å². The highest BCUT2D eigenvalue weighted by molar-refractivity contribution is 7.89. The quantitative estimate of drug-likeness (QED) is 0.560. The molecular weight excluding hydrogens is 368 g/mol. The summed E-state index contributed by atoms with van der Waals surface area (Å²) in [6.45, 7) is 1.45. The van der Waals surface area contributed by atoms with Crippen LogP contribution >= 0.6 is 0 Å². The summed E-state index contributed by atoms with van der Waals surface area (Å²) in [6.07, 6.45) is 2.76. The monoisotopic (exact) mass is 388 g/mol. The van der Waals surface area contributed by atoms with Crippen molar-refractivity contribution in [1.82, 2.24) is 4.72 Å². The minimum atomic E-state index is -3.70. The molecule has 0 saturated heterocycles. The van der Waals surface area contributed by atoms with E-state index in [1.807, 2.05) is 0 Å². The van der Waals surface area contributed by atoms with Crippen molar-refractivity contribution in [3.8, 4) is 5.75 Å². The van der Waals surface area contributed by atoms with Gasteiger partial charge in [-0.05, 0) is 49.9 Å². The summed E-state index contributed by atoms with van der Waals surface area (Å²) in [5.74, 6) is -0.310. The number of rotatable bonds is 7. The first kappa shape index (κ1) is 20.3. The van der Waals surface area contributed by atoms with Crippen LogP contribution in [0.15, 0.2) is 53.4 Å². The van der Waals surface area contributed by atoms with Crippen LogP contribution in [0.5, 0.6) is 5.75 Å². The van der Waals surface area contributed by atoms with Gasteiger partial charge in [-0.15, -0.1) is 0 Å². The van der Waals surface area contributed by atoms with Gasteiger partial charge in [-0.25, -0.2) is 13.1 Å². The number of anilines is 1. The second-order valence-corrected chi connectivity index (χ2v) is 7.43. The Balaban J connectivity index is 2.20. The van der Waals surface area contributed by atoms with Gasteiger partial charge in [-0.3, -0.25) is 9.59 Å². The van der Waals surface area contributed by atoms with Crippen molar-refractivity contribution >= 4 is 33.5 Å². The fourth-order valence-corrected chi connectivity index (χ4v) is 3.22. The summed E-state index contributed by atoms with van der Waals surface area (Å²) in [4.78, 5) is 23.5. The van der Waals surface area contributed by atoms with Gasteiger partial charge in [0.1, 0.15) is 10.6 Å². The predicted molar refractivity (Wildman–Crippen MR) is 103 cm³/mol. The second kappa shape index (κ2) is 8.61. The van der Waals surface area contributed by atoms with Crippen LogP contribution in [0.3, 0.4) is 0 Å². The molecule has 2 aromatic carbocycles. The molecule has 0 heterocycles. The van der Waals surface area contributed by atoms with Crippen molar-refractivity contribution in [2.75, 3.05) is 19.5 Å². The van der Waals surface area contributed by atoms with E-state index in [1.54, 1.807) is 30.3 Å². The van der Waals surface area contributed by atoms with Crippen molar-refractivity contribution in [2.24, 2.45) is 0 Å². The molecule has 2 N–H and O–H groups in total. The van der Waals surface area contributed by atoms with E-state index in [2.05, 4.69) is 10.0 Å². The van der Waals surface area contributed by atoms with Crippen LogP contribution in [0.4, 0.5) is 5.69 Å². The van der Waals surface area contributed by atoms with Crippen LogP contribution < -0.4 is 14.8 Å². The molecule has 27 heavy (non-hydrogen) atoms. The zero-order chi connectivity index (χ0) is 20.0. The number of sulfonamides is 1. The molecule has 0 aliphatic heterocycles. The molecule has 0 saturated carbocycles. The lowest BCUT2D eigenvalue weighted by atomic mass is 10.1. The summed E-state index contributed by atoms with van der Waals surface area (Å²) in [6, 6.07) is 11.1. The number of amides is 1. The lowest BCUT2D eigenvalue weighted by molar-refractivity contribution is -0.111. The third-order valence-electron chi connectivity index (χ3n) is 3.71. The zero-order valence-corrected chi connectivity index (χ0v) is 16.0. The smallest absolute Gasteiger partial charge is 0.248 e. The average molecular weight is 388 g/mol. The van der Waals surface area contributed by atoms with Crippen molar-refractivity contribution in [1.29, 1.82) is 0 Å². The molecule has 7 nitrogen and oxygen atoms in total. The Morgan fingerprint density at radius 2 is 1.85 bits per heavy atom. The lowest BCUT2D eigenvalue weighted by Crippen LogP contribution is -2.19. The second-order valence-electron chi connectivity index (χ2n) is 5.58. The molecule has 0 spiro atoms. The molecule has 0 fully saturated rings. The maximum absolute atomic E-state index is 12.1. The zero-order valence-electron chi connectivity index (χ0n) is 15.1. The summed E-state index contributed by atoms with van der Waals surface area (Å²) in [5, 5.41) is 2.65. The Morgan fingerprint density at radius 3 is 2.48 bits per heavy atom. The molecule has 0 aromatic heterocycles. The van der Waals surface area contributed by atoms with Crippen LogP contribution in [0.2, 0.25) is 0 Å². The van der Waals surface area contributed by atoms with Crippen molar-refractivity contribution in [3.05, 3.63) is 59.7 Å². The maximum atomic E-state index is 12.1. The van der Waals surface area contributed by atoms with Gasteiger partial charge in [-0.1, -0.05) is 18.2 Å². The standard InChI is InChI=1S/C19H20N2O5S/c1-13(22)15-5-4-6-16(12-15)21-19(23)10-8-14-7-9-17(26-3)18(11-14)27(24,25)20-2/h4-12,20H,1-3H3,(H,21,23)/b10-8+. The highest BCUT2D eigenvalue weighted by Gasteiger charge is 2.17.